The van der Waals surface area contributed by atoms with Crippen LogP contribution in [-0.2, 0) is 21.2 Å². The second-order valence-electron chi connectivity index (χ2n) is 10.7. The van der Waals surface area contributed by atoms with E-state index in [0.29, 0.717) is 13.1 Å². The van der Waals surface area contributed by atoms with Gasteiger partial charge in [0.25, 0.3) is 5.91 Å². The van der Waals surface area contributed by atoms with Gasteiger partial charge in [-0.25, -0.2) is 13.4 Å². The number of nitrogens with zero attached hydrogens (tertiary/aromatic N) is 3. The second-order valence-corrected chi connectivity index (χ2v) is 13.6. The molecule has 0 saturated carbocycles. The summed E-state index contributed by atoms with van der Waals surface area (Å²) in [5.74, 6) is -1.11. The van der Waals surface area contributed by atoms with Gasteiger partial charge < -0.3 is 15.8 Å². The summed E-state index contributed by atoms with van der Waals surface area (Å²) in [6, 6.07) is 14.5. The summed E-state index contributed by atoms with van der Waals surface area (Å²) in [6.07, 6.45) is 0.725. The average Bonchev–Trinajstić information content (AvgIpc) is 3.30. The number of aromatic nitrogens is 1. The van der Waals surface area contributed by atoms with Gasteiger partial charge in [-0.3, -0.25) is 4.79 Å². The largest absolute Gasteiger partial charge is 0.336 e. The molecule has 0 spiro atoms. The zero-order chi connectivity index (χ0) is 27.4. The number of hydrogen-bond donors (Lipinski definition) is 2. The Hall–Kier alpha value is -2.37. The molecule has 1 aromatic heterocycles. The van der Waals surface area contributed by atoms with E-state index < -0.39 is 32.7 Å². The van der Waals surface area contributed by atoms with Crippen LogP contribution in [0.2, 0.25) is 0 Å². The number of hydrogen-bond acceptors (Lipinski definition) is 8. The van der Waals surface area contributed by atoms with E-state index in [0.717, 1.165) is 27.3 Å². The SMILES string of the molecule is CCCN(Cc1ccccc1)C(=O)[C@](N)(N(O)C[C@@H](C)CS(=O)(=O)c1ccc2ncsc2c1)C(C)(C)C. The van der Waals surface area contributed by atoms with E-state index >= 15 is 0 Å². The Labute approximate surface area is 224 Å². The van der Waals surface area contributed by atoms with Crippen molar-refractivity contribution in [3.63, 3.8) is 0 Å². The van der Waals surface area contributed by atoms with E-state index in [2.05, 4.69) is 4.98 Å². The molecule has 37 heavy (non-hydrogen) atoms. The van der Waals surface area contributed by atoms with Crippen molar-refractivity contribution in [2.45, 2.75) is 58.1 Å². The van der Waals surface area contributed by atoms with Crippen LogP contribution in [0.15, 0.2) is 58.9 Å². The third kappa shape index (κ3) is 6.56. The smallest absolute Gasteiger partial charge is 0.260 e. The Morgan fingerprint density at radius 2 is 1.84 bits per heavy atom. The molecule has 3 aromatic rings. The standard InChI is InChI=1S/C27H38N4O4S2/c1-6-14-30(17-21-10-8-7-9-11-21)25(32)27(28,26(3,4)5)31(33)16-20(2)18-37(34,35)22-12-13-23-24(15-22)36-19-29-23/h7-13,15,19-20,33H,6,14,16-18,28H2,1-5H3/t20-,27+/m1/s1. The minimum Gasteiger partial charge on any atom is -0.336 e. The molecule has 0 bridgehead atoms. The van der Waals surface area contributed by atoms with Gasteiger partial charge in [0.2, 0.25) is 0 Å². The molecule has 3 rings (SSSR count). The maximum absolute atomic E-state index is 13.9. The molecule has 0 radical (unpaired) electrons. The number of hydroxylamine groups is 2. The monoisotopic (exact) mass is 546 g/mol. The van der Waals surface area contributed by atoms with Crippen molar-refractivity contribution in [2.24, 2.45) is 17.1 Å². The number of benzene rings is 2. The molecule has 8 nitrogen and oxygen atoms in total. The first-order valence-electron chi connectivity index (χ1n) is 12.4. The number of thiazole rings is 1. The molecule has 2 aromatic carbocycles. The Morgan fingerprint density at radius 1 is 1.16 bits per heavy atom. The number of carbonyl (C=O) groups is 1. The number of nitrogens with two attached hydrogens (primary N) is 1. The number of carbonyl (C=O) groups excluding carboxylic acids is 1. The first-order chi connectivity index (χ1) is 17.3. The van der Waals surface area contributed by atoms with Crippen molar-refractivity contribution in [3.05, 3.63) is 59.6 Å². The Kier molecular flexibility index (Phi) is 9.13. The van der Waals surface area contributed by atoms with Gasteiger partial charge in [0.1, 0.15) is 0 Å². The number of fused-ring (bicyclic) bond motifs is 1. The minimum absolute atomic E-state index is 0.0904. The van der Waals surface area contributed by atoms with Crippen LogP contribution in [0.3, 0.4) is 0 Å². The first-order valence-corrected chi connectivity index (χ1v) is 15.0. The fourth-order valence-electron chi connectivity index (χ4n) is 4.38. The van der Waals surface area contributed by atoms with Gasteiger partial charge in [0.15, 0.2) is 15.5 Å². The summed E-state index contributed by atoms with van der Waals surface area (Å²) in [7, 11) is -3.64. The fourth-order valence-corrected chi connectivity index (χ4v) is 6.79. The quantitative estimate of drug-likeness (QED) is 0.268. The van der Waals surface area contributed by atoms with Crippen LogP contribution >= 0.6 is 11.3 Å². The van der Waals surface area contributed by atoms with Crippen LogP contribution in [0.4, 0.5) is 0 Å². The normalized spacial score (nSPS) is 15.0. The third-order valence-corrected chi connectivity index (χ3v) is 9.30. The highest BCUT2D eigenvalue weighted by Gasteiger charge is 2.52. The van der Waals surface area contributed by atoms with Crippen LogP contribution < -0.4 is 5.73 Å². The van der Waals surface area contributed by atoms with E-state index in [1.165, 1.54) is 11.3 Å². The average molecular weight is 547 g/mol. The van der Waals surface area contributed by atoms with E-state index in [9.17, 15) is 18.4 Å². The summed E-state index contributed by atoms with van der Waals surface area (Å²) in [5.41, 5.74) is 7.52. The van der Waals surface area contributed by atoms with Crippen molar-refractivity contribution in [2.75, 3.05) is 18.8 Å². The Bertz CT molecular complexity index is 1300. The molecule has 0 aliphatic heterocycles. The van der Waals surface area contributed by atoms with Crippen LogP contribution in [0.1, 0.15) is 46.6 Å². The van der Waals surface area contributed by atoms with Crippen molar-refractivity contribution in [1.82, 2.24) is 14.9 Å². The van der Waals surface area contributed by atoms with Crippen molar-refractivity contribution < 1.29 is 18.4 Å². The Morgan fingerprint density at radius 3 is 2.46 bits per heavy atom. The maximum Gasteiger partial charge on any atom is 0.260 e. The molecule has 2 atom stereocenters. The highest BCUT2D eigenvalue weighted by Crippen LogP contribution is 2.34. The molecule has 3 N–H and O–H groups in total. The highest BCUT2D eigenvalue weighted by molar-refractivity contribution is 7.91. The molecule has 10 heteroatoms. The molecular weight excluding hydrogens is 508 g/mol. The summed E-state index contributed by atoms with van der Waals surface area (Å²) >= 11 is 1.38. The van der Waals surface area contributed by atoms with Gasteiger partial charge in [-0.15, -0.1) is 11.3 Å². The lowest BCUT2D eigenvalue weighted by atomic mass is 9.79. The first kappa shape index (κ1) is 29.2. The predicted molar refractivity (Wildman–Crippen MR) is 148 cm³/mol. The fraction of sp³-hybridized carbons (Fsp3) is 0.481. The van der Waals surface area contributed by atoms with Gasteiger partial charge in [0, 0.05) is 25.0 Å². The number of amides is 1. The molecule has 202 valence electrons. The van der Waals surface area contributed by atoms with Gasteiger partial charge in [0.05, 0.1) is 26.4 Å². The lowest BCUT2D eigenvalue weighted by Crippen LogP contribution is -2.71. The van der Waals surface area contributed by atoms with E-state index in [1.54, 1.807) is 56.3 Å². The summed E-state index contributed by atoms with van der Waals surface area (Å²) in [6.45, 7) is 9.85. The van der Waals surface area contributed by atoms with E-state index in [4.69, 9.17) is 5.73 Å². The lowest BCUT2D eigenvalue weighted by Gasteiger charge is -2.47. The maximum atomic E-state index is 13.9. The second kappa shape index (κ2) is 11.6. The minimum atomic E-state index is -3.64. The van der Waals surface area contributed by atoms with E-state index in [1.807, 2.05) is 37.3 Å². The molecule has 0 aliphatic carbocycles. The van der Waals surface area contributed by atoms with Crippen LogP contribution in [0.5, 0.6) is 0 Å². The van der Waals surface area contributed by atoms with Crippen molar-refractivity contribution >= 4 is 37.3 Å². The predicted octanol–water partition coefficient (Wildman–Crippen LogP) is 4.54. The van der Waals surface area contributed by atoms with Gasteiger partial charge in [-0.05, 0) is 36.1 Å². The summed E-state index contributed by atoms with van der Waals surface area (Å²) in [4.78, 5) is 20.0. The molecule has 1 amide bonds. The molecule has 0 fully saturated rings. The van der Waals surface area contributed by atoms with Gasteiger partial charge in [-0.1, -0.05) is 65.0 Å². The topological polar surface area (TPSA) is 117 Å². The van der Waals surface area contributed by atoms with Gasteiger partial charge in [-0.2, -0.15) is 5.06 Å². The van der Waals surface area contributed by atoms with Crippen LogP contribution in [0, 0.1) is 11.3 Å². The zero-order valence-corrected chi connectivity index (χ0v) is 23.8. The van der Waals surface area contributed by atoms with Crippen LogP contribution in [-0.4, -0.2) is 59.0 Å². The van der Waals surface area contributed by atoms with Crippen molar-refractivity contribution in [3.8, 4) is 0 Å². The number of rotatable bonds is 11. The molecule has 0 saturated heterocycles. The Balaban J connectivity index is 1.81. The van der Waals surface area contributed by atoms with Crippen LogP contribution in [0.25, 0.3) is 10.2 Å². The van der Waals surface area contributed by atoms with Crippen molar-refractivity contribution in [1.29, 1.82) is 0 Å². The third-order valence-electron chi connectivity index (χ3n) is 6.52. The molecular formula is C27H38N4O4S2. The van der Waals surface area contributed by atoms with E-state index in [-0.39, 0.29) is 17.2 Å². The molecule has 0 unspecified atom stereocenters. The number of sulfone groups is 1. The molecule has 0 aliphatic rings. The zero-order valence-electron chi connectivity index (χ0n) is 22.2. The summed E-state index contributed by atoms with van der Waals surface area (Å²) in [5, 5.41) is 12.1. The molecule has 1 heterocycles. The van der Waals surface area contributed by atoms with Gasteiger partial charge >= 0.3 is 0 Å². The highest BCUT2D eigenvalue weighted by atomic mass is 32.2. The summed E-state index contributed by atoms with van der Waals surface area (Å²) < 4.78 is 27.1. The lowest BCUT2D eigenvalue weighted by molar-refractivity contribution is -0.219.